The standard InChI is InChI=1S/C13H19N3O/c1-2-12-5-6-13(17-12)11-14-7-3-9-16-10-4-8-15-16/h4-6,8,10,14H,2-3,7,9,11H2,1H3. The summed E-state index contributed by atoms with van der Waals surface area (Å²) in [6.45, 7) is 4.83. The summed E-state index contributed by atoms with van der Waals surface area (Å²) in [5.74, 6) is 2.07. The number of hydrogen-bond donors (Lipinski definition) is 1. The average molecular weight is 233 g/mol. The molecule has 0 amide bonds. The van der Waals surface area contributed by atoms with E-state index in [0.717, 1.165) is 44.0 Å². The Hall–Kier alpha value is -1.55. The summed E-state index contributed by atoms with van der Waals surface area (Å²) >= 11 is 0. The molecule has 0 spiro atoms. The van der Waals surface area contributed by atoms with E-state index < -0.39 is 0 Å². The normalized spacial score (nSPS) is 10.9. The molecule has 0 bridgehead atoms. The second kappa shape index (κ2) is 6.25. The summed E-state index contributed by atoms with van der Waals surface area (Å²) < 4.78 is 7.55. The molecule has 0 saturated heterocycles. The Morgan fingerprint density at radius 1 is 1.35 bits per heavy atom. The van der Waals surface area contributed by atoms with Crippen molar-refractivity contribution in [2.45, 2.75) is 32.9 Å². The van der Waals surface area contributed by atoms with E-state index in [2.05, 4.69) is 17.3 Å². The van der Waals surface area contributed by atoms with Gasteiger partial charge in [0.25, 0.3) is 0 Å². The highest BCUT2D eigenvalue weighted by atomic mass is 16.3. The maximum absolute atomic E-state index is 5.61. The van der Waals surface area contributed by atoms with Crippen molar-refractivity contribution < 1.29 is 4.42 Å². The van der Waals surface area contributed by atoms with Gasteiger partial charge in [0.1, 0.15) is 11.5 Å². The van der Waals surface area contributed by atoms with Gasteiger partial charge >= 0.3 is 0 Å². The zero-order chi connectivity index (χ0) is 11.9. The van der Waals surface area contributed by atoms with Crippen LogP contribution in [0.1, 0.15) is 24.9 Å². The number of rotatable bonds is 7. The van der Waals surface area contributed by atoms with Gasteiger partial charge in [-0.3, -0.25) is 4.68 Å². The Balaban J connectivity index is 1.60. The Morgan fingerprint density at radius 2 is 2.24 bits per heavy atom. The summed E-state index contributed by atoms with van der Waals surface area (Å²) in [5, 5.41) is 7.52. The van der Waals surface area contributed by atoms with Crippen molar-refractivity contribution in [1.82, 2.24) is 15.1 Å². The van der Waals surface area contributed by atoms with E-state index >= 15 is 0 Å². The lowest BCUT2D eigenvalue weighted by Crippen LogP contribution is -2.16. The molecular weight excluding hydrogens is 214 g/mol. The molecule has 4 heteroatoms. The fourth-order valence-corrected chi connectivity index (χ4v) is 1.72. The molecule has 2 aromatic rings. The number of furan rings is 1. The number of nitrogens with one attached hydrogen (secondary N) is 1. The minimum absolute atomic E-state index is 0.805. The molecule has 0 radical (unpaired) electrons. The molecule has 0 saturated carbocycles. The van der Waals surface area contributed by atoms with Crippen molar-refractivity contribution in [3.63, 3.8) is 0 Å². The predicted octanol–water partition coefficient (Wildman–Crippen LogP) is 2.22. The summed E-state index contributed by atoms with van der Waals surface area (Å²) in [4.78, 5) is 0. The second-order valence-corrected chi connectivity index (χ2v) is 4.02. The smallest absolute Gasteiger partial charge is 0.117 e. The molecule has 92 valence electrons. The van der Waals surface area contributed by atoms with Gasteiger partial charge in [0.05, 0.1) is 6.54 Å². The highest BCUT2D eigenvalue weighted by Gasteiger charge is 1.99. The molecule has 4 nitrogen and oxygen atoms in total. The first-order valence-corrected chi connectivity index (χ1v) is 6.14. The Morgan fingerprint density at radius 3 is 2.94 bits per heavy atom. The van der Waals surface area contributed by atoms with Crippen molar-refractivity contribution in [1.29, 1.82) is 0 Å². The van der Waals surface area contributed by atoms with E-state index in [9.17, 15) is 0 Å². The van der Waals surface area contributed by atoms with E-state index in [1.807, 2.05) is 35.3 Å². The minimum Gasteiger partial charge on any atom is -0.465 e. The van der Waals surface area contributed by atoms with Crippen LogP contribution < -0.4 is 5.32 Å². The van der Waals surface area contributed by atoms with Crippen molar-refractivity contribution in [3.8, 4) is 0 Å². The molecule has 0 aliphatic rings. The monoisotopic (exact) mass is 233 g/mol. The number of nitrogens with zero attached hydrogens (tertiary/aromatic N) is 2. The van der Waals surface area contributed by atoms with Crippen molar-refractivity contribution >= 4 is 0 Å². The lowest BCUT2D eigenvalue weighted by atomic mass is 10.3. The number of hydrogen-bond acceptors (Lipinski definition) is 3. The number of aryl methyl sites for hydroxylation is 2. The van der Waals surface area contributed by atoms with Crippen LogP contribution in [0.15, 0.2) is 35.0 Å². The lowest BCUT2D eigenvalue weighted by Gasteiger charge is -2.03. The first kappa shape index (κ1) is 11.9. The van der Waals surface area contributed by atoms with E-state index in [-0.39, 0.29) is 0 Å². The van der Waals surface area contributed by atoms with Crippen LogP contribution in [0.5, 0.6) is 0 Å². The molecular formula is C13H19N3O. The zero-order valence-corrected chi connectivity index (χ0v) is 10.2. The van der Waals surface area contributed by atoms with Gasteiger partial charge in [0.2, 0.25) is 0 Å². The topological polar surface area (TPSA) is 43.0 Å². The van der Waals surface area contributed by atoms with E-state index in [0.29, 0.717) is 0 Å². The SMILES string of the molecule is CCc1ccc(CNCCCn2cccn2)o1. The van der Waals surface area contributed by atoms with Gasteiger partial charge in [0.15, 0.2) is 0 Å². The van der Waals surface area contributed by atoms with E-state index in [1.165, 1.54) is 0 Å². The molecule has 0 unspecified atom stereocenters. The summed E-state index contributed by atoms with van der Waals surface area (Å²) in [5.41, 5.74) is 0. The quantitative estimate of drug-likeness (QED) is 0.746. The molecule has 0 aliphatic heterocycles. The Kier molecular flexibility index (Phi) is 4.38. The maximum Gasteiger partial charge on any atom is 0.117 e. The van der Waals surface area contributed by atoms with Crippen molar-refractivity contribution in [3.05, 3.63) is 42.1 Å². The molecule has 0 aliphatic carbocycles. The third-order valence-electron chi connectivity index (χ3n) is 2.66. The molecule has 2 aromatic heterocycles. The summed E-state index contributed by atoms with van der Waals surface area (Å²) in [6, 6.07) is 6.03. The highest BCUT2D eigenvalue weighted by molar-refractivity contribution is 5.06. The van der Waals surface area contributed by atoms with Crippen LogP contribution in [0.25, 0.3) is 0 Å². The third kappa shape index (κ3) is 3.75. The maximum atomic E-state index is 5.61. The number of aromatic nitrogens is 2. The first-order valence-electron chi connectivity index (χ1n) is 6.14. The van der Waals surface area contributed by atoms with Crippen molar-refractivity contribution in [2.24, 2.45) is 0 Å². The molecule has 0 atom stereocenters. The minimum atomic E-state index is 0.805. The van der Waals surface area contributed by atoms with Gasteiger partial charge in [-0.2, -0.15) is 5.10 Å². The van der Waals surface area contributed by atoms with Crippen LogP contribution in [-0.2, 0) is 19.5 Å². The summed E-state index contributed by atoms with van der Waals surface area (Å²) in [7, 11) is 0. The summed E-state index contributed by atoms with van der Waals surface area (Å²) in [6.07, 6.45) is 5.82. The van der Waals surface area contributed by atoms with Crippen LogP contribution in [-0.4, -0.2) is 16.3 Å². The molecule has 2 heterocycles. The van der Waals surface area contributed by atoms with Gasteiger partial charge in [-0.1, -0.05) is 6.92 Å². The van der Waals surface area contributed by atoms with Gasteiger partial charge in [-0.25, -0.2) is 0 Å². The molecule has 17 heavy (non-hydrogen) atoms. The fraction of sp³-hybridized carbons (Fsp3) is 0.462. The van der Waals surface area contributed by atoms with Gasteiger partial charge in [-0.15, -0.1) is 0 Å². The third-order valence-corrected chi connectivity index (χ3v) is 2.66. The van der Waals surface area contributed by atoms with Gasteiger partial charge in [0, 0.05) is 25.4 Å². The second-order valence-electron chi connectivity index (χ2n) is 4.02. The molecule has 0 fully saturated rings. The van der Waals surface area contributed by atoms with Crippen molar-refractivity contribution in [2.75, 3.05) is 6.54 Å². The molecule has 1 N–H and O–H groups in total. The van der Waals surface area contributed by atoms with Crippen LogP contribution in [0.3, 0.4) is 0 Å². The first-order chi connectivity index (χ1) is 8.38. The molecule has 2 rings (SSSR count). The van der Waals surface area contributed by atoms with Gasteiger partial charge in [-0.05, 0) is 31.2 Å². The average Bonchev–Trinajstić information content (AvgIpc) is 2.99. The fourth-order valence-electron chi connectivity index (χ4n) is 1.72. The Bertz CT molecular complexity index is 420. The highest BCUT2D eigenvalue weighted by Crippen LogP contribution is 2.07. The van der Waals surface area contributed by atoms with E-state index in [4.69, 9.17) is 4.42 Å². The van der Waals surface area contributed by atoms with Crippen LogP contribution >= 0.6 is 0 Å². The molecule has 0 aromatic carbocycles. The lowest BCUT2D eigenvalue weighted by molar-refractivity contribution is 0.444. The van der Waals surface area contributed by atoms with Crippen LogP contribution in [0.2, 0.25) is 0 Å². The zero-order valence-electron chi connectivity index (χ0n) is 10.2. The van der Waals surface area contributed by atoms with Crippen LogP contribution in [0, 0.1) is 0 Å². The Labute approximate surface area is 102 Å². The van der Waals surface area contributed by atoms with Gasteiger partial charge < -0.3 is 9.73 Å². The largest absolute Gasteiger partial charge is 0.465 e. The van der Waals surface area contributed by atoms with Crippen LogP contribution in [0.4, 0.5) is 0 Å². The van der Waals surface area contributed by atoms with E-state index in [1.54, 1.807) is 0 Å². The predicted molar refractivity (Wildman–Crippen MR) is 66.6 cm³/mol.